The Morgan fingerprint density at radius 3 is 2.24 bits per heavy atom. The molecule has 0 radical (unpaired) electrons. The van der Waals surface area contributed by atoms with Crippen LogP contribution in [-0.2, 0) is 9.53 Å². The van der Waals surface area contributed by atoms with E-state index in [0.717, 1.165) is 0 Å². The molecular weight excluding hydrogens is 452 g/mol. The summed E-state index contributed by atoms with van der Waals surface area (Å²) in [6.07, 6.45) is -9.12. The van der Waals surface area contributed by atoms with E-state index in [2.05, 4.69) is 0 Å². The topological polar surface area (TPSA) is 165 Å². The Morgan fingerprint density at radius 2 is 1.62 bits per heavy atom. The highest BCUT2D eigenvalue weighted by atomic mass is 16.7. The van der Waals surface area contributed by atoms with Crippen LogP contribution in [0.15, 0.2) is 51.7 Å². The third kappa shape index (κ3) is 4.05. The zero-order chi connectivity index (χ0) is 24.6. The van der Waals surface area contributed by atoms with Gasteiger partial charge in [0.25, 0.3) is 0 Å². The molecule has 11 nitrogen and oxygen atoms in total. The van der Waals surface area contributed by atoms with E-state index in [9.17, 15) is 30.0 Å². The lowest BCUT2D eigenvalue weighted by molar-refractivity contribution is -0.271. The van der Waals surface area contributed by atoms with Gasteiger partial charge >= 0.3 is 5.97 Å². The maximum absolute atomic E-state index is 12.9. The number of hydrogen-bond acceptors (Lipinski definition) is 10. The van der Waals surface area contributed by atoms with Gasteiger partial charge in [-0.2, -0.15) is 0 Å². The van der Waals surface area contributed by atoms with Gasteiger partial charge in [0, 0.05) is 17.7 Å². The van der Waals surface area contributed by atoms with Crippen molar-refractivity contribution in [2.75, 3.05) is 14.2 Å². The second kappa shape index (κ2) is 9.31. The van der Waals surface area contributed by atoms with Crippen LogP contribution in [0.5, 0.6) is 17.2 Å². The molecule has 2 heterocycles. The molecule has 3 aromatic rings. The average Bonchev–Trinajstić information content (AvgIpc) is 2.83. The predicted octanol–water partition coefficient (Wildman–Crippen LogP) is 0.748. The lowest BCUT2D eigenvalue weighted by Crippen LogP contribution is -2.61. The van der Waals surface area contributed by atoms with Crippen LogP contribution in [0.1, 0.15) is 0 Å². The van der Waals surface area contributed by atoms with Crippen molar-refractivity contribution in [2.45, 2.75) is 30.7 Å². The van der Waals surface area contributed by atoms with Crippen molar-refractivity contribution < 1.29 is 48.6 Å². The van der Waals surface area contributed by atoms with Gasteiger partial charge in [-0.1, -0.05) is 30.3 Å². The molecule has 34 heavy (non-hydrogen) atoms. The van der Waals surface area contributed by atoms with Crippen molar-refractivity contribution in [1.82, 2.24) is 0 Å². The van der Waals surface area contributed by atoms with E-state index in [1.807, 2.05) is 6.07 Å². The summed E-state index contributed by atoms with van der Waals surface area (Å²) < 4.78 is 27.5. The van der Waals surface area contributed by atoms with Gasteiger partial charge in [0.1, 0.15) is 35.0 Å². The standard InChI is InChI=1S/C23H22O11/c1-30-19-14(33-23-18(27)16(25)17(26)21(34-23)22(28)29)9-13-15(20(19)31-2)11(24)8-12(32-13)10-6-4-3-5-7-10/h3-9,16-18,21,23,25-27H,1-2H3,(H,28,29). The second-order valence-corrected chi connectivity index (χ2v) is 7.51. The largest absolute Gasteiger partial charge is 0.492 e. The average molecular weight is 474 g/mol. The molecule has 5 unspecified atom stereocenters. The molecule has 1 fully saturated rings. The van der Waals surface area contributed by atoms with Crippen LogP contribution in [0, 0.1) is 0 Å². The molecule has 1 saturated heterocycles. The van der Waals surface area contributed by atoms with Crippen LogP contribution in [0.2, 0.25) is 0 Å². The summed E-state index contributed by atoms with van der Waals surface area (Å²) in [6, 6.07) is 11.5. The van der Waals surface area contributed by atoms with E-state index in [1.165, 1.54) is 26.4 Å². The van der Waals surface area contributed by atoms with E-state index in [4.69, 9.17) is 23.4 Å². The molecule has 2 aromatic carbocycles. The van der Waals surface area contributed by atoms with E-state index >= 15 is 0 Å². The van der Waals surface area contributed by atoms with Crippen molar-refractivity contribution in [3.63, 3.8) is 0 Å². The molecule has 5 atom stereocenters. The molecular formula is C23H22O11. The fraction of sp³-hybridized carbons (Fsp3) is 0.304. The number of rotatable bonds is 6. The SMILES string of the molecule is COc1c(OC2OC(C(=O)O)C(O)C(O)C2O)cc2oc(-c3ccccc3)cc(=O)c2c1OC. The normalized spacial score (nSPS) is 24.6. The lowest BCUT2D eigenvalue weighted by Gasteiger charge is -2.38. The van der Waals surface area contributed by atoms with E-state index < -0.39 is 42.1 Å². The Balaban J connectivity index is 1.83. The number of aliphatic carboxylic acids is 1. The van der Waals surface area contributed by atoms with Crippen molar-refractivity contribution in [3.05, 3.63) is 52.7 Å². The minimum Gasteiger partial charge on any atom is -0.492 e. The van der Waals surface area contributed by atoms with Crippen molar-refractivity contribution >= 4 is 16.9 Å². The number of fused-ring (bicyclic) bond motifs is 1. The monoisotopic (exact) mass is 474 g/mol. The van der Waals surface area contributed by atoms with Crippen LogP contribution in [-0.4, -0.2) is 71.3 Å². The number of carboxylic acids is 1. The quantitative estimate of drug-likeness (QED) is 0.398. The van der Waals surface area contributed by atoms with Gasteiger partial charge in [0.15, 0.2) is 23.0 Å². The highest BCUT2D eigenvalue weighted by molar-refractivity contribution is 5.90. The van der Waals surface area contributed by atoms with Crippen LogP contribution in [0.25, 0.3) is 22.3 Å². The third-order valence-electron chi connectivity index (χ3n) is 5.42. The number of aliphatic hydroxyl groups is 3. The smallest absolute Gasteiger partial charge is 0.335 e. The van der Waals surface area contributed by atoms with Crippen LogP contribution < -0.4 is 19.6 Å². The molecule has 4 rings (SSSR count). The zero-order valence-electron chi connectivity index (χ0n) is 18.1. The molecule has 1 aliphatic heterocycles. The molecule has 4 N–H and O–H groups in total. The summed E-state index contributed by atoms with van der Waals surface area (Å²) in [4.78, 5) is 24.3. The fourth-order valence-electron chi connectivity index (χ4n) is 3.74. The van der Waals surface area contributed by atoms with Crippen LogP contribution in [0.4, 0.5) is 0 Å². The predicted molar refractivity (Wildman–Crippen MR) is 116 cm³/mol. The summed E-state index contributed by atoms with van der Waals surface area (Å²) in [5.74, 6) is -1.50. The first-order valence-corrected chi connectivity index (χ1v) is 10.1. The molecule has 0 bridgehead atoms. The lowest BCUT2D eigenvalue weighted by atomic mass is 9.99. The molecule has 1 aromatic heterocycles. The number of methoxy groups -OCH3 is 2. The number of hydrogen-bond donors (Lipinski definition) is 4. The molecule has 0 saturated carbocycles. The molecule has 180 valence electrons. The highest BCUT2D eigenvalue weighted by Gasteiger charge is 2.48. The zero-order valence-corrected chi connectivity index (χ0v) is 18.1. The minimum atomic E-state index is -1.88. The summed E-state index contributed by atoms with van der Waals surface area (Å²) in [6.45, 7) is 0. The number of aliphatic hydroxyl groups excluding tert-OH is 3. The minimum absolute atomic E-state index is 0.0240. The van der Waals surface area contributed by atoms with Crippen molar-refractivity contribution in [2.24, 2.45) is 0 Å². The highest BCUT2D eigenvalue weighted by Crippen LogP contribution is 2.44. The van der Waals surface area contributed by atoms with Gasteiger partial charge in [-0.15, -0.1) is 0 Å². The first-order valence-electron chi connectivity index (χ1n) is 10.1. The molecule has 1 aliphatic rings. The number of carbonyl (C=O) groups is 1. The maximum atomic E-state index is 12.9. The Hall–Kier alpha value is -3.64. The maximum Gasteiger partial charge on any atom is 0.335 e. The van der Waals surface area contributed by atoms with Gasteiger partial charge in [-0.25, -0.2) is 4.79 Å². The van der Waals surface area contributed by atoms with Crippen molar-refractivity contribution in [1.29, 1.82) is 0 Å². The van der Waals surface area contributed by atoms with Gasteiger partial charge in [0.2, 0.25) is 12.0 Å². The summed E-state index contributed by atoms with van der Waals surface area (Å²) in [5.41, 5.74) is 0.283. The van der Waals surface area contributed by atoms with E-state index in [0.29, 0.717) is 5.56 Å². The number of benzene rings is 2. The third-order valence-corrected chi connectivity index (χ3v) is 5.42. The van der Waals surface area contributed by atoms with Gasteiger partial charge in [-0.05, 0) is 0 Å². The van der Waals surface area contributed by atoms with Gasteiger partial charge in [0.05, 0.1) is 14.2 Å². The Labute approximate surface area is 192 Å². The fourth-order valence-corrected chi connectivity index (χ4v) is 3.74. The summed E-state index contributed by atoms with van der Waals surface area (Å²) in [5, 5.41) is 39.6. The van der Waals surface area contributed by atoms with E-state index in [1.54, 1.807) is 24.3 Å². The first kappa shape index (κ1) is 23.5. The van der Waals surface area contributed by atoms with Gasteiger partial charge < -0.3 is 43.8 Å². The molecule has 0 aliphatic carbocycles. The molecule has 11 heteroatoms. The van der Waals surface area contributed by atoms with E-state index in [-0.39, 0.29) is 34.0 Å². The number of ether oxygens (including phenoxy) is 4. The first-order chi connectivity index (χ1) is 16.3. The van der Waals surface area contributed by atoms with Crippen LogP contribution >= 0.6 is 0 Å². The van der Waals surface area contributed by atoms with Crippen molar-refractivity contribution in [3.8, 4) is 28.6 Å². The summed E-state index contributed by atoms with van der Waals surface area (Å²) >= 11 is 0. The van der Waals surface area contributed by atoms with Crippen LogP contribution in [0.3, 0.4) is 0 Å². The molecule has 0 amide bonds. The Bertz CT molecular complexity index is 1250. The van der Waals surface area contributed by atoms with Gasteiger partial charge in [-0.3, -0.25) is 4.79 Å². The second-order valence-electron chi connectivity index (χ2n) is 7.51. The Morgan fingerprint density at radius 1 is 0.941 bits per heavy atom. The molecule has 0 spiro atoms. The Kier molecular flexibility index (Phi) is 6.44. The summed E-state index contributed by atoms with van der Waals surface area (Å²) in [7, 11) is 2.59. The number of carboxylic acid groups (broad SMARTS) is 1.